The van der Waals surface area contributed by atoms with Crippen LogP contribution in [0.3, 0.4) is 0 Å². The molecule has 1 N–H and O–H groups in total. The Labute approximate surface area is 219 Å². The fourth-order valence-electron chi connectivity index (χ4n) is 4.12. The maximum atomic E-state index is 13.4. The minimum atomic E-state index is -0.944. The highest BCUT2D eigenvalue weighted by atomic mass is 32.1. The van der Waals surface area contributed by atoms with Crippen molar-refractivity contribution in [1.82, 2.24) is 4.98 Å². The highest BCUT2D eigenvalue weighted by Gasteiger charge is 2.45. The molecular weight excluding hydrogens is 488 g/mol. The second-order valence-electron chi connectivity index (χ2n) is 8.69. The van der Waals surface area contributed by atoms with Crippen molar-refractivity contribution in [1.29, 1.82) is 0 Å². The van der Waals surface area contributed by atoms with Crippen LogP contribution in [0.5, 0.6) is 5.75 Å². The van der Waals surface area contributed by atoms with E-state index in [4.69, 9.17) is 4.74 Å². The van der Waals surface area contributed by atoms with Crippen LogP contribution >= 0.6 is 11.3 Å². The van der Waals surface area contributed by atoms with Crippen LogP contribution < -0.4 is 9.64 Å². The van der Waals surface area contributed by atoms with Gasteiger partial charge in [0.1, 0.15) is 5.75 Å². The second-order valence-corrected chi connectivity index (χ2v) is 9.67. The monoisotopic (exact) mass is 516 g/mol. The van der Waals surface area contributed by atoms with Crippen LogP contribution in [0, 0.1) is 6.92 Å². The molecule has 37 heavy (non-hydrogen) atoms. The summed E-state index contributed by atoms with van der Waals surface area (Å²) in [6.07, 6.45) is 4.85. The maximum absolute atomic E-state index is 13.4. The third kappa shape index (κ3) is 5.54. The third-order valence-corrected chi connectivity index (χ3v) is 7.21. The highest BCUT2D eigenvalue weighted by molar-refractivity contribution is 7.17. The molecule has 0 fully saturated rings. The summed E-state index contributed by atoms with van der Waals surface area (Å²) in [4.78, 5) is 45.0. The molecule has 2 heterocycles. The summed E-state index contributed by atoms with van der Waals surface area (Å²) >= 11 is 1.06. The Hall–Kier alpha value is -4.04. The first-order valence-electron chi connectivity index (χ1n) is 12.1. The van der Waals surface area contributed by atoms with Crippen LogP contribution in [0.2, 0.25) is 0 Å². The Morgan fingerprint density at radius 2 is 1.92 bits per heavy atom. The number of aliphatic hydroxyl groups excluding tert-OH is 1. The number of carbonyl (C=O) groups is 3. The molecule has 3 aromatic rings. The van der Waals surface area contributed by atoms with Crippen LogP contribution in [0.25, 0.3) is 6.08 Å². The van der Waals surface area contributed by atoms with Gasteiger partial charge in [-0.2, -0.15) is 0 Å². The van der Waals surface area contributed by atoms with Crippen LogP contribution in [-0.4, -0.2) is 34.2 Å². The average molecular weight is 517 g/mol. The number of unbranched alkanes of at least 4 members (excludes halogenated alkanes) is 1. The number of ketones is 2. The van der Waals surface area contributed by atoms with Crippen LogP contribution in [0.1, 0.15) is 59.2 Å². The van der Waals surface area contributed by atoms with Crippen LogP contribution in [0.4, 0.5) is 5.13 Å². The summed E-state index contributed by atoms with van der Waals surface area (Å²) in [5.74, 6) is -1.46. The zero-order chi connectivity index (χ0) is 26.5. The molecule has 2 aromatic carbocycles. The lowest BCUT2D eigenvalue weighted by molar-refractivity contribution is -0.117. The minimum Gasteiger partial charge on any atom is -0.503 e. The molecule has 1 unspecified atom stereocenters. The van der Waals surface area contributed by atoms with Crippen molar-refractivity contribution in [2.75, 3.05) is 11.5 Å². The number of ether oxygens (including phenoxy) is 1. The third-order valence-electron chi connectivity index (χ3n) is 5.95. The predicted octanol–water partition coefficient (Wildman–Crippen LogP) is 6.02. The summed E-state index contributed by atoms with van der Waals surface area (Å²) in [7, 11) is 0. The molecule has 0 bridgehead atoms. The molecular formula is C29H28N2O5S. The molecule has 1 amide bonds. The first kappa shape index (κ1) is 26.0. The zero-order valence-electron chi connectivity index (χ0n) is 20.9. The van der Waals surface area contributed by atoms with Gasteiger partial charge in [0.25, 0.3) is 5.91 Å². The van der Waals surface area contributed by atoms with Crippen molar-refractivity contribution >= 4 is 40.0 Å². The summed E-state index contributed by atoms with van der Waals surface area (Å²) in [6, 6.07) is 15.5. The molecule has 1 atom stereocenters. The molecule has 1 aromatic heterocycles. The van der Waals surface area contributed by atoms with Crippen LogP contribution in [-0.2, 0) is 9.59 Å². The quantitative estimate of drug-likeness (QED) is 0.201. The summed E-state index contributed by atoms with van der Waals surface area (Å²) in [6.45, 7) is 5.73. The van der Waals surface area contributed by atoms with E-state index in [0.717, 1.165) is 29.7 Å². The zero-order valence-corrected chi connectivity index (χ0v) is 21.7. The van der Waals surface area contributed by atoms with E-state index < -0.39 is 23.5 Å². The number of thiazole rings is 1. The molecule has 0 spiro atoms. The van der Waals surface area contributed by atoms with Crippen molar-refractivity contribution in [3.8, 4) is 5.75 Å². The van der Waals surface area contributed by atoms with Gasteiger partial charge >= 0.3 is 0 Å². The van der Waals surface area contributed by atoms with Gasteiger partial charge in [-0.1, -0.05) is 73.2 Å². The number of hydrogen-bond acceptors (Lipinski definition) is 7. The highest BCUT2D eigenvalue weighted by Crippen LogP contribution is 2.43. The Kier molecular flexibility index (Phi) is 7.98. The van der Waals surface area contributed by atoms with Crippen molar-refractivity contribution in [2.45, 2.75) is 39.7 Å². The normalized spacial score (nSPS) is 15.6. The van der Waals surface area contributed by atoms with Gasteiger partial charge in [-0.15, -0.1) is 0 Å². The number of aromatic nitrogens is 1. The molecule has 4 rings (SSSR count). The largest absolute Gasteiger partial charge is 0.503 e. The number of benzene rings is 2. The number of carbonyl (C=O) groups excluding carboxylic acids is 3. The molecule has 190 valence electrons. The van der Waals surface area contributed by atoms with E-state index in [2.05, 4.69) is 11.9 Å². The van der Waals surface area contributed by atoms with Crippen molar-refractivity contribution in [2.24, 2.45) is 0 Å². The van der Waals surface area contributed by atoms with Crippen molar-refractivity contribution < 1.29 is 24.2 Å². The Balaban J connectivity index is 1.78. The van der Waals surface area contributed by atoms with Gasteiger partial charge in [0.2, 0.25) is 0 Å². The molecule has 8 heteroatoms. The van der Waals surface area contributed by atoms with Crippen molar-refractivity contribution in [3.05, 3.63) is 93.7 Å². The SMILES string of the molecule is CCCCOc1cccc(C2C(C(=O)C=Cc3ccccc3)=C(O)C(=O)N2c2nc(C)c(C(C)=O)s2)c1. The number of aliphatic hydroxyl groups is 1. The fraction of sp³-hybridized carbons (Fsp3) is 0.241. The number of nitrogens with zero attached hydrogens (tertiary/aromatic N) is 2. The topological polar surface area (TPSA) is 96.8 Å². The fourth-order valence-corrected chi connectivity index (χ4v) is 5.11. The lowest BCUT2D eigenvalue weighted by atomic mass is 9.95. The van der Waals surface area contributed by atoms with Gasteiger partial charge in [0, 0.05) is 6.92 Å². The molecule has 0 radical (unpaired) electrons. The average Bonchev–Trinajstić information content (AvgIpc) is 3.40. The van der Waals surface area contributed by atoms with E-state index in [1.807, 2.05) is 36.4 Å². The number of hydrogen-bond donors (Lipinski definition) is 1. The standard InChI is InChI=1S/C29H28N2O5S/c1-4-5-16-36-22-13-9-12-21(17-22)25-24(23(33)15-14-20-10-7-6-8-11-20)26(34)28(35)31(25)29-30-18(2)27(37-29)19(3)32/h6-15,17,25,34H,4-5,16H2,1-3H3. The Bertz CT molecular complexity index is 1390. The van der Waals surface area contributed by atoms with E-state index in [-0.39, 0.29) is 16.5 Å². The lowest BCUT2D eigenvalue weighted by Gasteiger charge is -2.24. The van der Waals surface area contributed by atoms with Gasteiger partial charge in [-0.05, 0) is 42.7 Å². The molecule has 7 nitrogen and oxygen atoms in total. The number of Topliss-reactive ketones (excluding diaryl/α,β-unsaturated/α-hetero) is 1. The number of rotatable bonds is 10. The lowest BCUT2D eigenvalue weighted by Crippen LogP contribution is -2.30. The van der Waals surface area contributed by atoms with E-state index in [9.17, 15) is 19.5 Å². The number of aryl methyl sites for hydroxylation is 1. The molecule has 0 saturated heterocycles. The van der Waals surface area contributed by atoms with Gasteiger partial charge in [-0.3, -0.25) is 19.3 Å². The Morgan fingerprint density at radius 3 is 2.59 bits per heavy atom. The van der Waals surface area contributed by atoms with Gasteiger partial charge in [-0.25, -0.2) is 4.98 Å². The minimum absolute atomic E-state index is 0.0554. The second kappa shape index (κ2) is 11.3. The molecule has 1 aliphatic rings. The first-order valence-corrected chi connectivity index (χ1v) is 12.9. The number of anilines is 1. The molecule has 1 aliphatic heterocycles. The summed E-state index contributed by atoms with van der Waals surface area (Å²) < 4.78 is 5.86. The Morgan fingerprint density at radius 1 is 1.16 bits per heavy atom. The summed E-state index contributed by atoms with van der Waals surface area (Å²) in [5, 5.41) is 11.2. The predicted molar refractivity (Wildman–Crippen MR) is 144 cm³/mol. The van der Waals surface area contributed by atoms with Gasteiger partial charge in [0.05, 0.1) is 28.8 Å². The van der Waals surface area contributed by atoms with Crippen molar-refractivity contribution in [3.63, 3.8) is 0 Å². The van der Waals surface area contributed by atoms with E-state index in [1.54, 1.807) is 31.2 Å². The number of allylic oxidation sites excluding steroid dienone is 1. The van der Waals surface area contributed by atoms with E-state index in [0.29, 0.717) is 28.5 Å². The number of amides is 1. The molecule has 0 saturated carbocycles. The van der Waals surface area contributed by atoms with Gasteiger partial charge < -0.3 is 9.84 Å². The summed E-state index contributed by atoms with van der Waals surface area (Å²) in [5.41, 5.74) is 1.82. The smallest absolute Gasteiger partial charge is 0.296 e. The maximum Gasteiger partial charge on any atom is 0.296 e. The first-order chi connectivity index (χ1) is 17.8. The van der Waals surface area contributed by atoms with E-state index in [1.165, 1.54) is 17.9 Å². The van der Waals surface area contributed by atoms with Gasteiger partial charge in [0.15, 0.2) is 22.5 Å². The van der Waals surface area contributed by atoms with E-state index >= 15 is 0 Å². The molecule has 0 aliphatic carbocycles. The van der Waals surface area contributed by atoms with Crippen LogP contribution in [0.15, 0.2) is 72.0 Å².